The van der Waals surface area contributed by atoms with Crippen LogP contribution >= 0.6 is 11.6 Å². The summed E-state index contributed by atoms with van der Waals surface area (Å²) in [5.41, 5.74) is 4.22. The second-order valence-electron chi connectivity index (χ2n) is 4.63. The molecule has 0 bridgehead atoms. The summed E-state index contributed by atoms with van der Waals surface area (Å²) < 4.78 is 0. The Morgan fingerprint density at radius 1 is 1.29 bits per heavy atom. The van der Waals surface area contributed by atoms with Crippen LogP contribution in [0.2, 0.25) is 5.02 Å². The number of halogens is 1. The van der Waals surface area contributed by atoms with E-state index in [-0.39, 0.29) is 0 Å². The van der Waals surface area contributed by atoms with Crippen molar-refractivity contribution < 1.29 is 0 Å². The highest BCUT2D eigenvalue weighted by Crippen LogP contribution is 2.24. The van der Waals surface area contributed by atoms with E-state index < -0.39 is 0 Å². The molecule has 0 fully saturated rings. The van der Waals surface area contributed by atoms with Crippen LogP contribution < -0.4 is 16.2 Å². The van der Waals surface area contributed by atoms with E-state index in [0.717, 1.165) is 21.8 Å². The minimum absolute atomic E-state index is 0.338. The number of benzene rings is 1. The average molecular weight is 304 g/mol. The molecule has 8 heteroatoms. The zero-order valence-electron chi connectivity index (χ0n) is 11.3. The lowest BCUT2D eigenvalue weighted by Gasteiger charge is -2.19. The number of nitrogens with two attached hydrogens (primary N) is 1. The number of anilines is 2. The number of nitrogen functional groups attached to an aromatic ring is 1. The molecule has 21 heavy (non-hydrogen) atoms. The Hall–Kier alpha value is -2.38. The lowest BCUT2D eigenvalue weighted by atomic mass is 10.2. The summed E-state index contributed by atoms with van der Waals surface area (Å²) >= 11 is 5.90. The molecule has 1 aromatic carbocycles. The largest absolute Gasteiger partial charge is 0.355 e. The molecular formula is C13H14ClN7. The Bertz CT molecular complexity index is 753. The second-order valence-corrected chi connectivity index (χ2v) is 5.07. The summed E-state index contributed by atoms with van der Waals surface area (Å²) in [5, 5.41) is 8.37. The maximum Gasteiger partial charge on any atom is 0.241 e. The van der Waals surface area contributed by atoms with E-state index in [4.69, 9.17) is 17.4 Å². The smallest absolute Gasteiger partial charge is 0.241 e. The van der Waals surface area contributed by atoms with Gasteiger partial charge in [-0.3, -0.25) is 10.5 Å². The van der Waals surface area contributed by atoms with Gasteiger partial charge in [-0.25, -0.2) is 5.84 Å². The summed E-state index contributed by atoms with van der Waals surface area (Å²) in [6.07, 6.45) is 1.70. The van der Waals surface area contributed by atoms with Gasteiger partial charge in [0.2, 0.25) is 5.95 Å². The van der Waals surface area contributed by atoms with Gasteiger partial charge in [-0.2, -0.15) is 15.1 Å². The van der Waals surface area contributed by atoms with E-state index in [1.165, 1.54) is 0 Å². The fourth-order valence-corrected chi connectivity index (χ4v) is 2.24. The standard InChI is InChI=1S/C13H14ClN7/c1-21(7-8-2-4-9(14)5-3-8)12-10-6-16-20-11(10)17-13(18-12)19-15/h2-6H,7,15H2,1H3,(H2,16,17,18,19,20). The molecule has 0 spiro atoms. The van der Waals surface area contributed by atoms with Crippen molar-refractivity contribution in [1.82, 2.24) is 20.2 Å². The summed E-state index contributed by atoms with van der Waals surface area (Å²) in [6, 6.07) is 7.69. The molecular weight excluding hydrogens is 290 g/mol. The van der Waals surface area contributed by atoms with Crippen molar-refractivity contribution >= 4 is 34.4 Å². The lowest BCUT2D eigenvalue weighted by Crippen LogP contribution is -2.20. The first-order valence-corrected chi connectivity index (χ1v) is 6.68. The number of hydrogen-bond donors (Lipinski definition) is 3. The number of hydrazine groups is 1. The molecule has 3 aromatic rings. The van der Waals surface area contributed by atoms with Crippen molar-refractivity contribution in [2.45, 2.75) is 6.54 Å². The number of aromatic nitrogens is 4. The van der Waals surface area contributed by atoms with Gasteiger partial charge < -0.3 is 4.90 Å². The Kier molecular flexibility index (Phi) is 3.59. The Morgan fingerprint density at radius 2 is 2.05 bits per heavy atom. The molecule has 108 valence electrons. The van der Waals surface area contributed by atoms with Crippen molar-refractivity contribution in [3.05, 3.63) is 41.0 Å². The third-order valence-electron chi connectivity index (χ3n) is 3.11. The first-order chi connectivity index (χ1) is 10.2. The van der Waals surface area contributed by atoms with Crippen LogP contribution in [0.25, 0.3) is 11.0 Å². The van der Waals surface area contributed by atoms with E-state index in [1.807, 2.05) is 36.2 Å². The number of fused-ring (bicyclic) bond motifs is 1. The van der Waals surface area contributed by atoms with Crippen molar-refractivity contribution in [3.63, 3.8) is 0 Å². The highest BCUT2D eigenvalue weighted by atomic mass is 35.5. The van der Waals surface area contributed by atoms with Crippen LogP contribution in [0.1, 0.15) is 5.56 Å². The average Bonchev–Trinajstić information content (AvgIpc) is 2.96. The molecule has 0 saturated carbocycles. The summed E-state index contributed by atoms with van der Waals surface area (Å²) in [7, 11) is 1.95. The molecule has 0 radical (unpaired) electrons. The van der Waals surface area contributed by atoms with Gasteiger partial charge in [0.1, 0.15) is 5.82 Å². The number of rotatable bonds is 4. The molecule has 4 N–H and O–H groups in total. The molecule has 0 unspecified atom stereocenters. The SMILES string of the molecule is CN(Cc1ccc(Cl)cc1)c1nc(NN)nc2[nH]ncc12. The highest BCUT2D eigenvalue weighted by Gasteiger charge is 2.13. The Morgan fingerprint density at radius 3 is 2.76 bits per heavy atom. The van der Waals surface area contributed by atoms with E-state index in [2.05, 4.69) is 25.6 Å². The quantitative estimate of drug-likeness (QED) is 0.503. The second kappa shape index (κ2) is 5.55. The first kappa shape index (κ1) is 13.6. The summed E-state index contributed by atoms with van der Waals surface area (Å²) in [4.78, 5) is 10.6. The monoisotopic (exact) mass is 303 g/mol. The van der Waals surface area contributed by atoms with Gasteiger partial charge in [-0.1, -0.05) is 23.7 Å². The number of nitrogens with zero attached hydrogens (tertiary/aromatic N) is 4. The zero-order chi connectivity index (χ0) is 14.8. The predicted octanol–water partition coefficient (Wildman–Crippen LogP) is 1.93. The third-order valence-corrected chi connectivity index (χ3v) is 3.37. The van der Waals surface area contributed by atoms with Crippen LogP contribution in [0.15, 0.2) is 30.5 Å². The van der Waals surface area contributed by atoms with Crippen LogP contribution in [0.4, 0.5) is 11.8 Å². The van der Waals surface area contributed by atoms with Crippen molar-refractivity contribution in [2.24, 2.45) is 5.84 Å². The van der Waals surface area contributed by atoms with Crippen LogP contribution in [0.5, 0.6) is 0 Å². The minimum atomic E-state index is 0.338. The zero-order valence-corrected chi connectivity index (χ0v) is 12.1. The Labute approximate surface area is 126 Å². The molecule has 0 atom stereocenters. The number of hydrogen-bond acceptors (Lipinski definition) is 6. The number of aromatic amines is 1. The number of H-pyrrole nitrogens is 1. The summed E-state index contributed by atoms with van der Waals surface area (Å²) in [6.45, 7) is 0.679. The van der Waals surface area contributed by atoms with Gasteiger partial charge in [0, 0.05) is 18.6 Å². The normalized spacial score (nSPS) is 10.8. The molecule has 0 aliphatic rings. The van der Waals surface area contributed by atoms with Gasteiger partial charge in [-0.05, 0) is 17.7 Å². The lowest BCUT2D eigenvalue weighted by molar-refractivity contribution is 0.900. The fraction of sp³-hybridized carbons (Fsp3) is 0.154. The van der Waals surface area contributed by atoms with Crippen LogP contribution in [0, 0.1) is 0 Å². The van der Waals surface area contributed by atoms with Crippen LogP contribution in [0.3, 0.4) is 0 Å². The molecule has 0 saturated heterocycles. The first-order valence-electron chi connectivity index (χ1n) is 6.30. The molecule has 7 nitrogen and oxygen atoms in total. The molecule has 0 amide bonds. The molecule has 3 rings (SSSR count). The number of nitrogens with one attached hydrogen (secondary N) is 2. The van der Waals surface area contributed by atoms with E-state index in [1.54, 1.807) is 6.20 Å². The maximum atomic E-state index is 5.90. The van der Waals surface area contributed by atoms with E-state index in [0.29, 0.717) is 18.1 Å². The summed E-state index contributed by atoms with van der Waals surface area (Å²) in [5.74, 6) is 6.49. The molecule has 0 aliphatic heterocycles. The van der Waals surface area contributed by atoms with Gasteiger partial charge in [0.05, 0.1) is 11.6 Å². The maximum absolute atomic E-state index is 5.90. The van der Waals surface area contributed by atoms with E-state index in [9.17, 15) is 0 Å². The van der Waals surface area contributed by atoms with Crippen molar-refractivity contribution in [2.75, 3.05) is 17.4 Å². The van der Waals surface area contributed by atoms with Crippen LogP contribution in [-0.4, -0.2) is 27.2 Å². The fourth-order valence-electron chi connectivity index (χ4n) is 2.11. The van der Waals surface area contributed by atoms with Gasteiger partial charge in [-0.15, -0.1) is 0 Å². The minimum Gasteiger partial charge on any atom is -0.355 e. The van der Waals surface area contributed by atoms with Crippen LogP contribution in [-0.2, 0) is 6.54 Å². The Balaban J connectivity index is 1.94. The van der Waals surface area contributed by atoms with Crippen molar-refractivity contribution in [1.29, 1.82) is 0 Å². The van der Waals surface area contributed by atoms with Gasteiger partial charge in [0.15, 0.2) is 5.65 Å². The van der Waals surface area contributed by atoms with Gasteiger partial charge >= 0.3 is 0 Å². The topological polar surface area (TPSA) is 95.8 Å². The highest BCUT2D eigenvalue weighted by molar-refractivity contribution is 6.30. The third kappa shape index (κ3) is 2.74. The van der Waals surface area contributed by atoms with Gasteiger partial charge in [0.25, 0.3) is 0 Å². The predicted molar refractivity (Wildman–Crippen MR) is 83.1 cm³/mol. The van der Waals surface area contributed by atoms with Crippen molar-refractivity contribution in [3.8, 4) is 0 Å². The molecule has 0 aliphatic carbocycles. The molecule has 2 heterocycles. The molecule has 2 aromatic heterocycles. The van der Waals surface area contributed by atoms with E-state index >= 15 is 0 Å².